The quantitative estimate of drug-likeness (QED) is 0.0228. The van der Waals surface area contributed by atoms with Crippen LogP contribution in [0.5, 0.6) is 0 Å². The molecule has 0 aromatic rings. The molecule has 1 fully saturated rings. The number of carbonyl (C=O) groups excluding carboxylic acids is 3. The first kappa shape index (κ1) is 67.2. The number of rotatable bonds is 48. The molecule has 1 rings (SSSR count). The summed E-state index contributed by atoms with van der Waals surface area (Å²) >= 11 is 0. The molecule has 0 bridgehead atoms. The number of aliphatic hydroxyl groups excluding tert-OH is 2. The van der Waals surface area contributed by atoms with Gasteiger partial charge in [0.1, 0.15) is 18.8 Å². The van der Waals surface area contributed by atoms with Crippen molar-refractivity contribution in [2.24, 2.45) is 0 Å². The van der Waals surface area contributed by atoms with Crippen LogP contribution in [0.15, 0.2) is 72.9 Å². The molecule has 6 atom stereocenters. The molecule has 0 saturated carbocycles. The Morgan fingerprint density at radius 1 is 0.466 bits per heavy atom. The fraction of sp³-hybridized carbons (Fsp3) is 0.738. The lowest BCUT2D eigenvalue weighted by atomic mass is 9.98. The van der Waals surface area contributed by atoms with Gasteiger partial charge in [0.15, 0.2) is 24.6 Å². The SMILES string of the molecule is CC/C=C\C/C=C\C/C=C\CCCCCCCCCC(=O)OCC(COC1OC(C(=O)O)C(O)C(O)C1OC(=O)CCCCCCCCCCCCCCC)OC(=O)CCCCC/C=C\C/C=C\C/C=C\CC. The van der Waals surface area contributed by atoms with Crippen LogP contribution in [0.4, 0.5) is 0 Å². The maximum absolute atomic E-state index is 13.1. The fourth-order valence-corrected chi connectivity index (χ4v) is 8.40. The van der Waals surface area contributed by atoms with Gasteiger partial charge in [-0.3, -0.25) is 14.4 Å². The highest BCUT2D eigenvalue weighted by atomic mass is 16.7. The molecule has 0 amide bonds. The fourth-order valence-electron chi connectivity index (χ4n) is 8.40. The minimum Gasteiger partial charge on any atom is -0.479 e. The first-order valence-electron chi connectivity index (χ1n) is 28.9. The van der Waals surface area contributed by atoms with Crippen molar-refractivity contribution in [3.63, 3.8) is 0 Å². The second-order valence-electron chi connectivity index (χ2n) is 19.5. The van der Waals surface area contributed by atoms with Crippen LogP contribution >= 0.6 is 0 Å². The molecule has 1 saturated heterocycles. The monoisotopic (exact) mass is 1030 g/mol. The number of hydrogen-bond acceptors (Lipinski definition) is 11. The van der Waals surface area contributed by atoms with E-state index in [1.165, 1.54) is 57.8 Å². The van der Waals surface area contributed by atoms with Crippen LogP contribution in [-0.4, -0.2) is 89.2 Å². The lowest BCUT2D eigenvalue weighted by Gasteiger charge is -2.40. The van der Waals surface area contributed by atoms with Gasteiger partial charge in [0.25, 0.3) is 0 Å². The molecule has 1 heterocycles. The van der Waals surface area contributed by atoms with E-state index in [2.05, 4.69) is 93.7 Å². The summed E-state index contributed by atoms with van der Waals surface area (Å²) in [7, 11) is 0. The van der Waals surface area contributed by atoms with Crippen LogP contribution in [0, 0.1) is 0 Å². The Morgan fingerprint density at radius 3 is 1.33 bits per heavy atom. The van der Waals surface area contributed by atoms with E-state index < -0.39 is 67.3 Å². The number of ether oxygens (including phenoxy) is 5. The van der Waals surface area contributed by atoms with Crippen molar-refractivity contribution in [3.05, 3.63) is 72.9 Å². The summed E-state index contributed by atoms with van der Waals surface area (Å²) in [6.45, 7) is 5.73. The molecular formula is C61H102O12. The Hall–Kier alpha value is -3.84. The van der Waals surface area contributed by atoms with Crippen molar-refractivity contribution in [2.75, 3.05) is 13.2 Å². The van der Waals surface area contributed by atoms with Crippen LogP contribution in [0.3, 0.4) is 0 Å². The normalized spacial score (nSPS) is 18.8. The molecule has 12 nitrogen and oxygen atoms in total. The molecule has 6 unspecified atom stereocenters. The van der Waals surface area contributed by atoms with E-state index in [9.17, 15) is 34.5 Å². The average Bonchev–Trinajstić information content (AvgIpc) is 3.37. The van der Waals surface area contributed by atoms with Crippen LogP contribution < -0.4 is 0 Å². The van der Waals surface area contributed by atoms with E-state index in [0.717, 1.165) is 122 Å². The zero-order chi connectivity index (χ0) is 53.3. The number of allylic oxidation sites excluding steroid dienone is 12. The second-order valence-corrected chi connectivity index (χ2v) is 19.5. The van der Waals surface area contributed by atoms with E-state index in [-0.39, 0.29) is 25.9 Å². The van der Waals surface area contributed by atoms with E-state index in [1.807, 2.05) is 0 Å². The van der Waals surface area contributed by atoms with E-state index in [4.69, 9.17) is 23.7 Å². The summed E-state index contributed by atoms with van der Waals surface area (Å²) < 4.78 is 28.4. The first-order chi connectivity index (χ1) is 35.6. The molecule has 0 aliphatic carbocycles. The molecule has 0 aromatic heterocycles. The highest BCUT2D eigenvalue weighted by molar-refractivity contribution is 5.74. The van der Waals surface area contributed by atoms with E-state index >= 15 is 0 Å². The molecule has 12 heteroatoms. The summed E-state index contributed by atoms with van der Waals surface area (Å²) in [5.41, 5.74) is 0. The summed E-state index contributed by atoms with van der Waals surface area (Å²) in [4.78, 5) is 51.0. The smallest absolute Gasteiger partial charge is 0.335 e. The molecule has 3 N–H and O–H groups in total. The number of aliphatic hydroxyl groups is 2. The topological polar surface area (TPSA) is 175 Å². The van der Waals surface area contributed by atoms with Crippen molar-refractivity contribution >= 4 is 23.9 Å². The van der Waals surface area contributed by atoms with Gasteiger partial charge in [-0.05, 0) is 83.5 Å². The summed E-state index contributed by atoms with van der Waals surface area (Å²) in [6.07, 6.45) is 48.8. The van der Waals surface area contributed by atoms with Crippen molar-refractivity contribution < 1.29 is 58.2 Å². The second kappa shape index (κ2) is 49.1. The Balaban J connectivity index is 2.71. The number of carbonyl (C=O) groups is 4. The van der Waals surface area contributed by atoms with E-state index in [1.54, 1.807) is 0 Å². The standard InChI is InChI=1S/C61H102O12/c1-4-7-10-13-16-19-22-25-26-27-28-31-32-35-38-41-44-47-53(62)69-50-52(71-54(63)48-45-42-39-36-33-29-23-20-17-14-11-8-5-2)51-70-61-59(57(66)56(65)58(73-61)60(67)68)72-55(64)49-46-43-40-37-34-30-24-21-18-15-12-9-6-3/h7-8,10-11,16-17,19-20,25-26,29,33,52,56-59,61,65-66H,4-6,9,12-15,18,21-24,27-28,30-32,34-51H2,1-3H3,(H,67,68)/b10-7-,11-8-,19-16-,20-17-,26-25-,33-29-. The lowest BCUT2D eigenvalue weighted by Crippen LogP contribution is -2.61. The van der Waals surface area contributed by atoms with Crippen LogP contribution in [-0.2, 0) is 42.9 Å². The summed E-state index contributed by atoms with van der Waals surface area (Å²) in [5, 5.41) is 31.4. The highest BCUT2D eigenvalue weighted by Gasteiger charge is 2.50. The van der Waals surface area contributed by atoms with Gasteiger partial charge in [-0.2, -0.15) is 0 Å². The third-order valence-corrected chi connectivity index (χ3v) is 12.8. The first-order valence-corrected chi connectivity index (χ1v) is 28.9. The summed E-state index contributed by atoms with van der Waals surface area (Å²) in [5.74, 6) is -3.17. The van der Waals surface area contributed by atoms with Gasteiger partial charge in [0.05, 0.1) is 6.61 Å². The zero-order valence-electron chi connectivity index (χ0n) is 45.9. The van der Waals surface area contributed by atoms with Crippen LogP contribution in [0.1, 0.15) is 239 Å². The van der Waals surface area contributed by atoms with Crippen molar-refractivity contribution in [1.29, 1.82) is 0 Å². The molecule has 418 valence electrons. The number of aliphatic carboxylic acids is 1. The lowest BCUT2D eigenvalue weighted by molar-refractivity contribution is -0.301. The molecule has 73 heavy (non-hydrogen) atoms. The summed E-state index contributed by atoms with van der Waals surface area (Å²) in [6, 6.07) is 0. The Labute approximate surface area is 442 Å². The van der Waals surface area contributed by atoms with Crippen molar-refractivity contribution in [3.8, 4) is 0 Å². The van der Waals surface area contributed by atoms with Gasteiger partial charge < -0.3 is 39.0 Å². The molecule has 0 radical (unpaired) electrons. The largest absolute Gasteiger partial charge is 0.479 e. The predicted molar refractivity (Wildman–Crippen MR) is 294 cm³/mol. The number of esters is 3. The Morgan fingerprint density at radius 2 is 0.863 bits per heavy atom. The number of carboxylic acid groups (broad SMARTS) is 1. The number of unbranched alkanes of at least 4 members (excludes halogenated alkanes) is 22. The predicted octanol–water partition coefficient (Wildman–Crippen LogP) is 14.6. The molecule has 0 spiro atoms. The van der Waals surface area contributed by atoms with Gasteiger partial charge in [-0.15, -0.1) is 0 Å². The Kier molecular flexibility index (Phi) is 45.1. The maximum atomic E-state index is 13.1. The third kappa shape index (κ3) is 39.3. The third-order valence-electron chi connectivity index (χ3n) is 12.8. The zero-order valence-corrected chi connectivity index (χ0v) is 45.9. The maximum Gasteiger partial charge on any atom is 0.335 e. The number of carboxylic acids is 1. The molecular weight excluding hydrogens is 925 g/mol. The van der Waals surface area contributed by atoms with Gasteiger partial charge >= 0.3 is 23.9 Å². The van der Waals surface area contributed by atoms with Gasteiger partial charge in [0, 0.05) is 19.3 Å². The van der Waals surface area contributed by atoms with Crippen LogP contribution in [0.2, 0.25) is 0 Å². The Bertz CT molecular complexity index is 1550. The van der Waals surface area contributed by atoms with Crippen molar-refractivity contribution in [2.45, 2.75) is 276 Å². The molecule has 1 aliphatic heterocycles. The van der Waals surface area contributed by atoms with E-state index in [0.29, 0.717) is 19.3 Å². The highest BCUT2D eigenvalue weighted by Crippen LogP contribution is 2.26. The average molecular weight is 1030 g/mol. The van der Waals surface area contributed by atoms with Crippen LogP contribution in [0.25, 0.3) is 0 Å². The minimum absolute atomic E-state index is 0.0570. The molecule has 1 aliphatic rings. The molecule has 0 aromatic carbocycles. The van der Waals surface area contributed by atoms with Crippen molar-refractivity contribution in [1.82, 2.24) is 0 Å². The number of hydrogen-bond donors (Lipinski definition) is 3. The van der Waals surface area contributed by atoms with Gasteiger partial charge in [0.2, 0.25) is 0 Å². The van der Waals surface area contributed by atoms with Gasteiger partial charge in [-0.1, -0.05) is 209 Å². The minimum atomic E-state index is -1.91. The van der Waals surface area contributed by atoms with Gasteiger partial charge in [-0.25, -0.2) is 4.79 Å².